The van der Waals surface area contributed by atoms with Gasteiger partial charge in [-0.1, -0.05) is 24.3 Å². The van der Waals surface area contributed by atoms with Crippen LogP contribution in [0.1, 0.15) is 22.3 Å². The topological polar surface area (TPSA) is 417 Å². The summed E-state index contributed by atoms with van der Waals surface area (Å²) in [6.45, 7) is -5.87. The summed E-state index contributed by atoms with van der Waals surface area (Å²) < 4.78 is 163. The van der Waals surface area contributed by atoms with Gasteiger partial charge in [0.1, 0.15) is 42.6 Å². The Morgan fingerprint density at radius 2 is 0.550 bits per heavy atom. The second-order valence-electron chi connectivity index (χ2n) is 18.6. The third-order valence-electron chi connectivity index (χ3n) is 13.1. The summed E-state index contributed by atoms with van der Waals surface area (Å²) in [7, 11) is -15.6. The molecule has 4 aromatic rings. The lowest BCUT2D eigenvalue weighted by molar-refractivity contribution is -0.144. The highest BCUT2D eigenvalue weighted by molar-refractivity contribution is 7.86. The highest BCUT2D eigenvalue weighted by atomic mass is 32.2. The monoisotopic (exact) mass is 1200 g/mol. The number of nitrogens with zero attached hydrogens (tertiary/aromatic N) is 4. The third-order valence-corrected chi connectivity index (χ3v) is 16.6. The molecule has 1 heterocycles. The maximum atomic E-state index is 13.1. The van der Waals surface area contributed by atoms with Gasteiger partial charge in [0.25, 0.3) is 40.5 Å². The van der Waals surface area contributed by atoms with Crippen LogP contribution in [0, 0.1) is 0 Å². The fourth-order valence-corrected chi connectivity index (χ4v) is 12.5. The van der Waals surface area contributed by atoms with Crippen molar-refractivity contribution in [3.05, 3.63) is 95.1 Å². The van der Waals surface area contributed by atoms with Crippen molar-refractivity contribution in [1.29, 1.82) is 0 Å². The molecule has 8 N–H and O–H groups in total. The molecule has 0 radical (unpaired) electrons. The predicted molar refractivity (Wildman–Crippen MR) is 278 cm³/mol. The molecule has 32 heteroatoms. The van der Waals surface area contributed by atoms with E-state index in [9.17, 15) is 91.5 Å². The van der Waals surface area contributed by atoms with E-state index in [0.29, 0.717) is 0 Å². The minimum atomic E-state index is -5.03. The fraction of sp³-hybridized carbons (Fsp3) is 0.417. The van der Waals surface area contributed by atoms with E-state index < -0.39 is 186 Å². The number of methoxy groups -OCH3 is 4. The van der Waals surface area contributed by atoms with Crippen LogP contribution in [0.5, 0.6) is 23.0 Å². The molecule has 5 rings (SSSR count). The van der Waals surface area contributed by atoms with Crippen LogP contribution >= 0.6 is 0 Å². The second kappa shape index (κ2) is 26.8. The molecule has 0 amide bonds. The Labute approximate surface area is 460 Å². The fourth-order valence-electron chi connectivity index (χ4n) is 9.67. The molecule has 1 aliphatic heterocycles. The highest BCUT2D eigenvalue weighted by Crippen LogP contribution is 2.32. The summed E-state index contributed by atoms with van der Waals surface area (Å²) in [6, 6.07) is 9.05. The quantitative estimate of drug-likeness (QED) is 0.0454. The molecule has 0 aliphatic carbocycles. The highest BCUT2D eigenvalue weighted by Gasteiger charge is 2.38. The van der Waals surface area contributed by atoms with Crippen LogP contribution in [0.25, 0.3) is 0 Å². The Balaban J connectivity index is 1.92. The summed E-state index contributed by atoms with van der Waals surface area (Å²) in [5.41, 5.74) is 0.311. The van der Waals surface area contributed by atoms with E-state index in [1.54, 1.807) is 0 Å². The number of ether oxygens (including phenoxy) is 4. The second-order valence-corrected chi connectivity index (χ2v) is 24.1. The van der Waals surface area contributed by atoms with Gasteiger partial charge in [-0.05, 0) is 96.5 Å². The summed E-state index contributed by atoms with van der Waals surface area (Å²) >= 11 is 0. The van der Waals surface area contributed by atoms with Gasteiger partial charge < -0.3 is 39.4 Å². The minimum absolute atomic E-state index is 0.0777. The maximum absolute atomic E-state index is 13.1. The molecule has 0 unspecified atom stereocenters. The first-order valence-corrected chi connectivity index (χ1v) is 29.4. The molecule has 4 atom stereocenters. The van der Waals surface area contributed by atoms with Gasteiger partial charge in [-0.15, -0.1) is 0 Å². The lowest BCUT2D eigenvalue weighted by Crippen LogP contribution is -2.61. The van der Waals surface area contributed by atoms with Crippen LogP contribution in [0.15, 0.2) is 92.4 Å². The van der Waals surface area contributed by atoms with Crippen molar-refractivity contribution >= 4 is 64.3 Å². The summed E-state index contributed by atoms with van der Waals surface area (Å²) in [6.07, 6.45) is -1.58. The van der Waals surface area contributed by atoms with E-state index in [1.165, 1.54) is 68.1 Å². The van der Waals surface area contributed by atoms with E-state index in [-0.39, 0.29) is 45.3 Å². The van der Waals surface area contributed by atoms with Crippen molar-refractivity contribution in [2.24, 2.45) is 0 Å². The van der Waals surface area contributed by atoms with Crippen LogP contribution < -0.4 is 18.9 Å². The first-order valence-electron chi connectivity index (χ1n) is 23.6. The number of benzene rings is 4. The molecular formula is C48H60N4O24S4. The van der Waals surface area contributed by atoms with Crippen molar-refractivity contribution in [3.8, 4) is 23.0 Å². The molecular weight excluding hydrogens is 1140 g/mol. The maximum Gasteiger partial charge on any atom is 0.317 e. The third kappa shape index (κ3) is 17.7. The smallest absolute Gasteiger partial charge is 0.317 e. The Hall–Kier alpha value is -6.56. The Morgan fingerprint density at radius 1 is 0.375 bits per heavy atom. The molecule has 1 aliphatic rings. The SMILES string of the molecule is COc1ccc(C[C@H]2CN(CC(=O)O)[C@@H](Cc3ccc(OC)c(S(=O)(=O)O)c3)CN(CC(=O)O)[C@@H](Cc3ccc(OC)c(S(=O)(=O)O)c3)CN(CC(=O)O)[C@@H](Cc3ccc(OC)c(S(=O)(=O)O)c3)CN2CC(=O)O)cc1S(=O)(=O)O. The number of carboxylic acid groups (broad SMARTS) is 4. The predicted octanol–water partition coefficient (Wildman–Crippen LogP) is 1.01. The Kier molecular flexibility index (Phi) is 21.5. The Bertz CT molecular complexity index is 2950. The molecule has 28 nitrogen and oxygen atoms in total. The summed E-state index contributed by atoms with van der Waals surface area (Å²) in [5.74, 6) is -7.25. The zero-order valence-corrected chi connectivity index (χ0v) is 46.5. The van der Waals surface area contributed by atoms with Crippen molar-refractivity contribution in [2.45, 2.75) is 69.4 Å². The van der Waals surface area contributed by atoms with Gasteiger partial charge in [-0.3, -0.25) is 57.0 Å². The van der Waals surface area contributed by atoms with Crippen molar-refractivity contribution in [3.63, 3.8) is 0 Å². The van der Waals surface area contributed by atoms with Crippen LogP contribution in [0.2, 0.25) is 0 Å². The van der Waals surface area contributed by atoms with Gasteiger partial charge in [-0.2, -0.15) is 33.7 Å². The first kappa shape index (κ1) is 64.3. The molecule has 0 saturated carbocycles. The molecule has 4 aromatic carbocycles. The number of carbonyl (C=O) groups is 4. The van der Waals surface area contributed by atoms with Crippen LogP contribution in [-0.4, -0.2) is 221 Å². The number of hydrogen-bond donors (Lipinski definition) is 8. The van der Waals surface area contributed by atoms with E-state index in [0.717, 1.165) is 52.7 Å². The zero-order valence-electron chi connectivity index (χ0n) is 43.3. The van der Waals surface area contributed by atoms with Gasteiger partial charge in [0.15, 0.2) is 0 Å². The van der Waals surface area contributed by atoms with Crippen LogP contribution in [-0.2, 0) is 85.3 Å². The van der Waals surface area contributed by atoms with Gasteiger partial charge >= 0.3 is 23.9 Å². The van der Waals surface area contributed by atoms with Crippen molar-refractivity contribution in [1.82, 2.24) is 19.6 Å². The van der Waals surface area contributed by atoms with Crippen LogP contribution in [0.3, 0.4) is 0 Å². The average molecular weight is 1210 g/mol. The van der Waals surface area contributed by atoms with E-state index >= 15 is 0 Å². The summed E-state index contributed by atoms with van der Waals surface area (Å²) in [4.78, 5) is 54.8. The van der Waals surface area contributed by atoms with Gasteiger partial charge in [0.2, 0.25) is 0 Å². The molecule has 1 saturated heterocycles. The molecule has 80 heavy (non-hydrogen) atoms. The number of rotatable bonds is 24. The number of hydrogen-bond acceptors (Lipinski definition) is 20. The molecule has 0 bridgehead atoms. The summed E-state index contributed by atoms with van der Waals surface area (Å²) in [5, 5.41) is 42.6. The average Bonchev–Trinajstić information content (AvgIpc) is 3.34. The van der Waals surface area contributed by atoms with Crippen molar-refractivity contribution < 1.29 is 110 Å². The lowest BCUT2D eigenvalue weighted by Gasteiger charge is -2.45. The van der Waals surface area contributed by atoms with E-state index in [4.69, 9.17) is 18.9 Å². The van der Waals surface area contributed by atoms with Gasteiger partial charge in [0.05, 0.1) is 54.6 Å². The molecule has 0 spiro atoms. The molecule has 440 valence electrons. The lowest BCUT2D eigenvalue weighted by atomic mass is 9.95. The number of aliphatic carboxylic acids is 4. The van der Waals surface area contributed by atoms with E-state index in [2.05, 4.69) is 0 Å². The van der Waals surface area contributed by atoms with Gasteiger partial charge in [-0.25, -0.2) is 0 Å². The van der Waals surface area contributed by atoms with Gasteiger partial charge in [0, 0.05) is 50.3 Å². The first-order chi connectivity index (χ1) is 37.2. The largest absolute Gasteiger partial charge is 0.495 e. The molecule has 1 fully saturated rings. The Morgan fingerprint density at radius 3 is 0.688 bits per heavy atom. The normalized spacial score (nSPS) is 18.8. The van der Waals surface area contributed by atoms with Crippen LogP contribution in [0.4, 0.5) is 0 Å². The standard InChI is InChI=1S/C48H60N4O24S4/c1-73-37-9-5-29(17-41(37)77(61,62)63)13-33-21-50(26-46(55)56)35(15-31-7-11-39(75-3)43(19-31)79(67,68)69)23-52(28-48(59)60)36(16-32-8-12-40(76-4)44(20-32)80(70,71)72)24-51(27-47(57)58)34(22-49(33)25-45(53)54)14-30-6-10-38(74-2)42(18-30)78(64,65)66/h5-12,17-20,33-36H,13-16,21-28H2,1-4H3,(H,53,54)(H,55,56)(H,57,58)(H,59,60)(H,61,62,63)(H,64,65,66)(H,67,68,69)(H,70,71,72)/t33-,34-,35-,36-/m0/s1. The number of carboxylic acids is 4. The molecule has 0 aromatic heterocycles. The van der Waals surface area contributed by atoms with Crippen molar-refractivity contribution in [2.75, 3.05) is 80.8 Å². The minimum Gasteiger partial charge on any atom is -0.495 e. The zero-order chi connectivity index (χ0) is 59.7. The van der Waals surface area contributed by atoms with E-state index in [1.807, 2.05) is 0 Å².